The van der Waals surface area contributed by atoms with Gasteiger partial charge in [-0.25, -0.2) is 0 Å². The van der Waals surface area contributed by atoms with Gasteiger partial charge in [0.1, 0.15) is 0 Å². The molecule has 0 aromatic carbocycles. The predicted octanol–water partition coefficient (Wildman–Crippen LogP) is 3.16. The highest BCUT2D eigenvalue weighted by molar-refractivity contribution is 14.0. The van der Waals surface area contributed by atoms with Gasteiger partial charge in [-0.2, -0.15) is 0 Å². The number of hydrogen-bond acceptors (Lipinski definition) is 3. The van der Waals surface area contributed by atoms with Gasteiger partial charge in [-0.05, 0) is 24.3 Å². The number of rotatable bonds is 3. The first-order chi connectivity index (χ1) is 10.2. The number of halogens is 1. The SMILES string of the molecule is CN=C(NCC(C)c1cccs1)N1CCC2(CCOC2)C1.I. The number of likely N-dealkylation sites (tertiary alicyclic amines) is 1. The van der Waals surface area contributed by atoms with E-state index in [1.165, 1.54) is 17.7 Å². The molecule has 1 spiro atoms. The average Bonchev–Trinajstić information content (AvgIpc) is 3.23. The molecule has 2 fully saturated rings. The number of nitrogens with one attached hydrogen (secondary N) is 1. The van der Waals surface area contributed by atoms with Crippen molar-refractivity contribution < 1.29 is 4.74 Å². The van der Waals surface area contributed by atoms with Crippen molar-refractivity contribution in [2.75, 3.05) is 39.9 Å². The highest BCUT2D eigenvalue weighted by Gasteiger charge is 2.42. The second-order valence-corrected chi connectivity index (χ2v) is 7.30. The van der Waals surface area contributed by atoms with Crippen molar-refractivity contribution >= 4 is 41.3 Å². The largest absolute Gasteiger partial charge is 0.381 e. The second-order valence-electron chi connectivity index (χ2n) is 6.32. The summed E-state index contributed by atoms with van der Waals surface area (Å²) in [6, 6.07) is 4.33. The van der Waals surface area contributed by atoms with Gasteiger partial charge in [-0.3, -0.25) is 4.99 Å². The number of aliphatic imine (C=N–C) groups is 1. The first-order valence-corrected chi connectivity index (χ1v) is 8.67. The molecule has 2 unspecified atom stereocenters. The molecule has 3 heterocycles. The zero-order valence-electron chi connectivity index (χ0n) is 13.4. The molecule has 2 atom stereocenters. The van der Waals surface area contributed by atoms with Gasteiger partial charge in [0.05, 0.1) is 6.61 Å². The molecule has 2 saturated heterocycles. The molecule has 2 aliphatic rings. The molecule has 124 valence electrons. The van der Waals surface area contributed by atoms with E-state index >= 15 is 0 Å². The number of thiophene rings is 1. The fourth-order valence-electron chi connectivity index (χ4n) is 3.34. The van der Waals surface area contributed by atoms with Crippen LogP contribution in [0.2, 0.25) is 0 Å². The standard InChI is InChI=1S/C16H25N3OS.HI/c1-13(14-4-3-9-21-14)10-18-15(17-2)19-7-5-16(11-19)6-8-20-12-16;/h3-4,9,13H,5-8,10-12H2,1-2H3,(H,17,18);1H. The van der Waals surface area contributed by atoms with Gasteiger partial charge in [-0.15, -0.1) is 35.3 Å². The minimum absolute atomic E-state index is 0. The van der Waals surface area contributed by atoms with E-state index in [1.54, 1.807) is 0 Å². The smallest absolute Gasteiger partial charge is 0.193 e. The summed E-state index contributed by atoms with van der Waals surface area (Å²) in [5.41, 5.74) is 0.386. The Balaban J connectivity index is 0.00000176. The van der Waals surface area contributed by atoms with E-state index in [1.807, 2.05) is 18.4 Å². The Bertz CT molecular complexity index is 486. The Hall–Kier alpha value is -0.340. The van der Waals surface area contributed by atoms with Crippen LogP contribution in [-0.4, -0.2) is 50.8 Å². The van der Waals surface area contributed by atoms with Crippen LogP contribution in [0, 0.1) is 5.41 Å². The molecule has 4 nitrogen and oxygen atoms in total. The molecular weight excluding hydrogens is 409 g/mol. The van der Waals surface area contributed by atoms with E-state index in [0.29, 0.717) is 11.3 Å². The molecule has 0 bridgehead atoms. The average molecular weight is 435 g/mol. The van der Waals surface area contributed by atoms with E-state index in [-0.39, 0.29) is 24.0 Å². The molecule has 2 aliphatic heterocycles. The lowest BCUT2D eigenvalue weighted by Crippen LogP contribution is -2.42. The summed E-state index contributed by atoms with van der Waals surface area (Å²) in [4.78, 5) is 8.30. The first kappa shape index (κ1) is 18.0. The monoisotopic (exact) mass is 435 g/mol. The molecule has 22 heavy (non-hydrogen) atoms. The molecule has 3 rings (SSSR count). The Morgan fingerprint density at radius 1 is 1.55 bits per heavy atom. The summed E-state index contributed by atoms with van der Waals surface area (Å²) in [5.74, 6) is 1.57. The second kappa shape index (κ2) is 7.97. The van der Waals surface area contributed by atoms with Crippen molar-refractivity contribution in [3.05, 3.63) is 22.4 Å². The minimum Gasteiger partial charge on any atom is -0.381 e. The third kappa shape index (κ3) is 3.94. The molecule has 0 amide bonds. The lowest BCUT2D eigenvalue weighted by Gasteiger charge is -2.25. The molecular formula is C16H26IN3OS. The quantitative estimate of drug-likeness (QED) is 0.450. The Morgan fingerprint density at radius 2 is 2.41 bits per heavy atom. The normalized spacial score (nSPS) is 26.3. The summed E-state index contributed by atoms with van der Waals surface area (Å²) in [6.07, 6.45) is 2.43. The van der Waals surface area contributed by atoms with Crippen LogP contribution in [0.5, 0.6) is 0 Å². The Morgan fingerprint density at radius 3 is 3.05 bits per heavy atom. The summed E-state index contributed by atoms with van der Waals surface area (Å²) in [6.45, 7) is 7.23. The van der Waals surface area contributed by atoms with Crippen molar-refractivity contribution in [3.8, 4) is 0 Å². The van der Waals surface area contributed by atoms with E-state index in [9.17, 15) is 0 Å². The van der Waals surface area contributed by atoms with Crippen LogP contribution in [-0.2, 0) is 4.74 Å². The molecule has 0 saturated carbocycles. The lowest BCUT2D eigenvalue weighted by molar-refractivity contribution is 0.156. The third-order valence-corrected chi connectivity index (χ3v) is 5.83. The fraction of sp³-hybridized carbons (Fsp3) is 0.688. The Labute approximate surface area is 154 Å². The zero-order valence-corrected chi connectivity index (χ0v) is 16.5. The molecule has 1 aromatic heterocycles. The molecule has 1 N–H and O–H groups in total. The van der Waals surface area contributed by atoms with Crippen molar-refractivity contribution in [2.24, 2.45) is 10.4 Å². The molecule has 1 aromatic rings. The fourth-order valence-corrected chi connectivity index (χ4v) is 4.12. The van der Waals surface area contributed by atoms with Crippen molar-refractivity contribution in [3.63, 3.8) is 0 Å². The van der Waals surface area contributed by atoms with E-state index in [2.05, 4.69) is 39.6 Å². The van der Waals surface area contributed by atoms with Crippen molar-refractivity contribution in [1.29, 1.82) is 0 Å². The van der Waals surface area contributed by atoms with Gasteiger partial charge in [-0.1, -0.05) is 13.0 Å². The molecule has 6 heteroatoms. The highest BCUT2D eigenvalue weighted by atomic mass is 127. The number of nitrogens with zero attached hydrogens (tertiary/aromatic N) is 2. The maximum atomic E-state index is 5.61. The van der Waals surface area contributed by atoms with Gasteiger partial charge in [0.25, 0.3) is 0 Å². The minimum atomic E-state index is 0. The van der Waals surface area contributed by atoms with Crippen LogP contribution in [0.3, 0.4) is 0 Å². The summed E-state index contributed by atoms with van der Waals surface area (Å²) in [7, 11) is 1.88. The van der Waals surface area contributed by atoms with Gasteiger partial charge in [0, 0.05) is 49.5 Å². The van der Waals surface area contributed by atoms with Crippen molar-refractivity contribution in [1.82, 2.24) is 10.2 Å². The van der Waals surface area contributed by atoms with E-state index in [0.717, 1.165) is 38.8 Å². The van der Waals surface area contributed by atoms with Gasteiger partial charge >= 0.3 is 0 Å². The molecule has 0 radical (unpaired) electrons. The van der Waals surface area contributed by atoms with Crippen LogP contribution in [0.4, 0.5) is 0 Å². The highest BCUT2D eigenvalue weighted by Crippen LogP contribution is 2.38. The zero-order chi connectivity index (χ0) is 14.7. The first-order valence-electron chi connectivity index (χ1n) is 7.79. The van der Waals surface area contributed by atoms with Gasteiger partial charge in [0.2, 0.25) is 0 Å². The lowest BCUT2D eigenvalue weighted by atomic mass is 9.87. The van der Waals surface area contributed by atoms with Crippen LogP contribution in [0.15, 0.2) is 22.5 Å². The number of ether oxygens (including phenoxy) is 1. The summed E-state index contributed by atoms with van der Waals surface area (Å²) >= 11 is 1.83. The topological polar surface area (TPSA) is 36.9 Å². The predicted molar refractivity (Wildman–Crippen MR) is 104 cm³/mol. The molecule has 0 aliphatic carbocycles. The number of guanidine groups is 1. The van der Waals surface area contributed by atoms with Gasteiger partial charge in [0.15, 0.2) is 5.96 Å². The van der Waals surface area contributed by atoms with E-state index < -0.39 is 0 Å². The van der Waals surface area contributed by atoms with Crippen LogP contribution in [0.1, 0.15) is 30.6 Å². The number of hydrogen-bond donors (Lipinski definition) is 1. The Kier molecular flexibility index (Phi) is 6.52. The van der Waals surface area contributed by atoms with Gasteiger partial charge < -0.3 is 15.0 Å². The summed E-state index contributed by atoms with van der Waals surface area (Å²) in [5, 5.41) is 5.69. The maximum absolute atomic E-state index is 5.61. The maximum Gasteiger partial charge on any atom is 0.193 e. The van der Waals surface area contributed by atoms with Crippen LogP contribution in [0.25, 0.3) is 0 Å². The summed E-state index contributed by atoms with van der Waals surface area (Å²) < 4.78 is 5.61. The van der Waals surface area contributed by atoms with Crippen LogP contribution >= 0.6 is 35.3 Å². The van der Waals surface area contributed by atoms with Crippen molar-refractivity contribution in [2.45, 2.75) is 25.7 Å². The van der Waals surface area contributed by atoms with E-state index in [4.69, 9.17) is 4.74 Å². The third-order valence-electron chi connectivity index (χ3n) is 4.73. The van der Waals surface area contributed by atoms with Crippen LogP contribution < -0.4 is 5.32 Å².